The van der Waals surface area contributed by atoms with Gasteiger partial charge in [0.15, 0.2) is 0 Å². The summed E-state index contributed by atoms with van der Waals surface area (Å²) in [5, 5.41) is 19.2. The van der Waals surface area contributed by atoms with Gasteiger partial charge in [-0.05, 0) is 23.8 Å². The van der Waals surface area contributed by atoms with Crippen molar-refractivity contribution in [3.63, 3.8) is 0 Å². The number of amides is 1. The second-order valence-electron chi connectivity index (χ2n) is 4.00. The van der Waals surface area contributed by atoms with Gasteiger partial charge in [-0.25, -0.2) is 9.18 Å². The van der Waals surface area contributed by atoms with Gasteiger partial charge in [0.05, 0.1) is 11.4 Å². The van der Waals surface area contributed by atoms with Crippen LogP contribution in [0.1, 0.15) is 12.0 Å². The minimum Gasteiger partial charge on any atom is -0.481 e. The van der Waals surface area contributed by atoms with Crippen molar-refractivity contribution in [2.75, 3.05) is 0 Å². The summed E-state index contributed by atoms with van der Waals surface area (Å²) < 4.78 is 12.9. The first kappa shape index (κ1) is 16.6. The predicted molar refractivity (Wildman–Crippen MR) is 72.3 cm³/mol. The molecule has 21 heavy (non-hydrogen) atoms. The van der Waals surface area contributed by atoms with E-state index in [1.165, 1.54) is 18.2 Å². The predicted octanol–water partition coefficient (Wildman–Crippen LogP) is 1.54. The summed E-state index contributed by atoms with van der Waals surface area (Å²) in [5.74, 6) is -4.20. The molecule has 0 saturated carbocycles. The lowest BCUT2D eigenvalue weighted by Crippen LogP contribution is -2.41. The minimum absolute atomic E-state index is 0.119. The molecule has 0 spiro atoms. The number of benzene rings is 1. The van der Waals surface area contributed by atoms with E-state index in [1.54, 1.807) is 0 Å². The number of carboxylic acids is 2. The van der Waals surface area contributed by atoms with Crippen molar-refractivity contribution >= 4 is 35.5 Å². The van der Waals surface area contributed by atoms with Crippen LogP contribution in [-0.2, 0) is 14.4 Å². The lowest BCUT2D eigenvalue weighted by atomic mass is 10.2. The van der Waals surface area contributed by atoms with Crippen LogP contribution in [0.25, 0.3) is 6.08 Å². The van der Waals surface area contributed by atoms with Gasteiger partial charge < -0.3 is 15.5 Å². The molecule has 3 N–H and O–H groups in total. The molecular formula is C13H11ClFNO5. The Balaban J connectivity index is 2.70. The molecule has 0 aromatic heterocycles. The molecule has 6 nitrogen and oxygen atoms in total. The molecule has 1 aromatic carbocycles. The number of rotatable bonds is 6. The molecule has 112 valence electrons. The Labute approximate surface area is 123 Å². The maximum absolute atomic E-state index is 12.9. The summed E-state index contributed by atoms with van der Waals surface area (Å²) in [6.07, 6.45) is 1.55. The summed E-state index contributed by atoms with van der Waals surface area (Å²) in [6, 6.07) is 2.24. The molecule has 0 bridgehead atoms. The van der Waals surface area contributed by atoms with E-state index in [0.717, 1.165) is 12.1 Å². The van der Waals surface area contributed by atoms with E-state index in [0.29, 0.717) is 5.56 Å². The number of nitrogens with one attached hydrogen (secondary N) is 1. The highest BCUT2D eigenvalue weighted by molar-refractivity contribution is 6.30. The molecule has 1 rings (SSSR count). The molecule has 0 unspecified atom stereocenters. The maximum atomic E-state index is 12.9. The van der Waals surface area contributed by atoms with Crippen molar-refractivity contribution in [2.24, 2.45) is 0 Å². The lowest BCUT2D eigenvalue weighted by molar-refractivity contribution is -0.146. The second kappa shape index (κ2) is 7.39. The monoisotopic (exact) mass is 315 g/mol. The summed E-state index contributed by atoms with van der Waals surface area (Å²) >= 11 is 5.56. The molecule has 0 fully saturated rings. The van der Waals surface area contributed by atoms with Gasteiger partial charge in [-0.1, -0.05) is 17.7 Å². The smallest absolute Gasteiger partial charge is 0.326 e. The van der Waals surface area contributed by atoms with Crippen molar-refractivity contribution in [3.05, 3.63) is 40.7 Å². The van der Waals surface area contributed by atoms with E-state index in [9.17, 15) is 18.8 Å². The van der Waals surface area contributed by atoms with Gasteiger partial charge in [0, 0.05) is 6.08 Å². The van der Waals surface area contributed by atoms with Crippen LogP contribution in [0.2, 0.25) is 5.02 Å². The van der Waals surface area contributed by atoms with Crippen LogP contribution in [0.5, 0.6) is 0 Å². The number of hydrogen-bond donors (Lipinski definition) is 3. The van der Waals surface area contributed by atoms with Crippen molar-refractivity contribution < 1.29 is 29.0 Å². The van der Waals surface area contributed by atoms with Crippen LogP contribution >= 0.6 is 11.6 Å². The highest BCUT2D eigenvalue weighted by Gasteiger charge is 2.21. The van der Waals surface area contributed by atoms with Gasteiger partial charge in [-0.3, -0.25) is 9.59 Å². The maximum Gasteiger partial charge on any atom is 0.326 e. The Morgan fingerprint density at radius 1 is 1.33 bits per heavy atom. The van der Waals surface area contributed by atoms with E-state index < -0.39 is 36.1 Å². The van der Waals surface area contributed by atoms with Crippen LogP contribution in [0, 0.1) is 5.82 Å². The van der Waals surface area contributed by atoms with Gasteiger partial charge in [-0.15, -0.1) is 0 Å². The Morgan fingerprint density at radius 3 is 2.52 bits per heavy atom. The zero-order valence-electron chi connectivity index (χ0n) is 10.5. The Kier molecular flexibility index (Phi) is 5.86. The molecule has 0 aliphatic rings. The van der Waals surface area contributed by atoms with Gasteiger partial charge in [-0.2, -0.15) is 0 Å². The summed E-state index contributed by atoms with van der Waals surface area (Å²) in [7, 11) is 0. The summed E-state index contributed by atoms with van der Waals surface area (Å²) in [6.45, 7) is 0. The number of carbonyl (C=O) groups is 3. The SMILES string of the molecule is O=C(O)C[C@@H](NC(=O)/C=C/c1ccc(F)c(Cl)c1)C(=O)O. The standard InChI is InChI=1S/C13H11ClFNO5/c14-8-5-7(1-3-9(8)15)2-4-11(17)16-10(13(20)21)6-12(18)19/h1-5,10H,6H2,(H,16,17)(H,18,19)(H,20,21)/b4-2+/t10-/m1/s1. The summed E-state index contributed by atoms with van der Waals surface area (Å²) in [5.41, 5.74) is 0.432. The first-order valence-electron chi connectivity index (χ1n) is 5.68. The normalized spacial score (nSPS) is 12.1. The van der Waals surface area contributed by atoms with Crippen LogP contribution in [0.4, 0.5) is 4.39 Å². The highest BCUT2D eigenvalue weighted by Crippen LogP contribution is 2.16. The van der Waals surface area contributed by atoms with Crippen molar-refractivity contribution in [1.82, 2.24) is 5.32 Å². The third-order valence-corrected chi connectivity index (χ3v) is 2.65. The van der Waals surface area contributed by atoms with Crippen LogP contribution in [0.3, 0.4) is 0 Å². The van der Waals surface area contributed by atoms with Gasteiger partial charge in [0.25, 0.3) is 0 Å². The largest absolute Gasteiger partial charge is 0.481 e. The molecule has 0 saturated heterocycles. The number of halogens is 2. The Hall–Kier alpha value is -2.41. The van der Waals surface area contributed by atoms with E-state index in [2.05, 4.69) is 0 Å². The fraction of sp³-hybridized carbons (Fsp3) is 0.154. The molecule has 0 aliphatic carbocycles. The van der Waals surface area contributed by atoms with E-state index in [-0.39, 0.29) is 5.02 Å². The minimum atomic E-state index is -1.53. The highest BCUT2D eigenvalue weighted by atomic mass is 35.5. The Bertz CT molecular complexity index is 602. The molecule has 0 radical (unpaired) electrons. The molecule has 1 aromatic rings. The fourth-order valence-electron chi connectivity index (χ4n) is 1.38. The lowest BCUT2D eigenvalue weighted by Gasteiger charge is -2.10. The van der Waals surface area contributed by atoms with E-state index in [1.807, 2.05) is 5.32 Å². The zero-order valence-corrected chi connectivity index (χ0v) is 11.3. The van der Waals surface area contributed by atoms with E-state index in [4.69, 9.17) is 21.8 Å². The zero-order chi connectivity index (χ0) is 16.0. The Morgan fingerprint density at radius 2 is 2.00 bits per heavy atom. The average Bonchev–Trinajstić information content (AvgIpc) is 2.38. The van der Waals surface area contributed by atoms with Gasteiger partial charge in [0.1, 0.15) is 11.9 Å². The molecule has 0 heterocycles. The first-order valence-corrected chi connectivity index (χ1v) is 6.05. The fourth-order valence-corrected chi connectivity index (χ4v) is 1.57. The number of hydrogen-bond acceptors (Lipinski definition) is 3. The molecule has 0 aliphatic heterocycles. The second-order valence-corrected chi connectivity index (χ2v) is 4.41. The molecule has 8 heteroatoms. The topological polar surface area (TPSA) is 104 Å². The number of aliphatic carboxylic acids is 2. The quantitative estimate of drug-likeness (QED) is 0.691. The van der Waals surface area contributed by atoms with Crippen LogP contribution in [0.15, 0.2) is 24.3 Å². The third kappa shape index (κ3) is 5.62. The van der Waals surface area contributed by atoms with E-state index >= 15 is 0 Å². The third-order valence-electron chi connectivity index (χ3n) is 2.36. The first-order chi connectivity index (χ1) is 9.79. The van der Waals surface area contributed by atoms with Crippen molar-refractivity contribution in [2.45, 2.75) is 12.5 Å². The van der Waals surface area contributed by atoms with Crippen molar-refractivity contribution in [3.8, 4) is 0 Å². The summed E-state index contributed by atoms with van der Waals surface area (Å²) in [4.78, 5) is 32.7. The number of carboxylic acid groups (broad SMARTS) is 2. The molecule has 1 atom stereocenters. The average molecular weight is 316 g/mol. The number of carbonyl (C=O) groups excluding carboxylic acids is 1. The van der Waals surface area contributed by atoms with Crippen LogP contribution < -0.4 is 5.32 Å². The molecular weight excluding hydrogens is 305 g/mol. The van der Waals surface area contributed by atoms with Crippen LogP contribution in [-0.4, -0.2) is 34.1 Å². The molecule has 1 amide bonds. The van der Waals surface area contributed by atoms with Gasteiger partial charge >= 0.3 is 11.9 Å². The van der Waals surface area contributed by atoms with Crippen molar-refractivity contribution in [1.29, 1.82) is 0 Å². The van der Waals surface area contributed by atoms with Gasteiger partial charge in [0.2, 0.25) is 5.91 Å².